The minimum Gasteiger partial charge on any atom is -0.462 e. The van der Waals surface area contributed by atoms with Crippen molar-refractivity contribution in [3.63, 3.8) is 0 Å². The summed E-state index contributed by atoms with van der Waals surface area (Å²) in [5.74, 6) is -0.390. The molecule has 1 aromatic heterocycles. The molecule has 3 aromatic rings. The number of hydrogen-bond donors (Lipinski definition) is 2. The van der Waals surface area contributed by atoms with Gasteiger partial charge in [-0.1, -0.05) is 42.4 Å². The first kappa shape index (κ1) is 27.9. The minimum absolute atomic E-state index is 0.0608. The number of nitrogens with zero attached hydrogens (tertiary/aromatic N) is 3. The molecule has 0 aliphatic carbocycles. The molecular formula is C26H28ClN5O4S. The van der Waals surface area contributed by atoms with Crippen LogP contribution in [0.1, 0.15) is 52.9 Å². The topological polar surface area (TPSA) is 115 Å². The summed E-state index contributed by atoms with van der Waals surface area (Å²) >= 11 is 7.10. The van der Waals surface area contributed by atoms with Crippen LogP contribution >= 0.6 is 23.4 Å². The summed E-state index contributed by atoms with van der Waals surface area (Å²) in [5.41, 5.74) is 1.33. The summed E-state index contributed by atoms with van der Waals surface area (Å²) in [6.07, 6.45) is 2.42. The number of benzene rings is 2. The van der Waals surface area contributed by atoms with Gasteiger partial charge in [-0.05, 0) is 55.8 Å². The van der Waals surface area contributed by atoms with Gasteiger partial charge in [0.15, 0.2) is 11.0 Å². The lowest BCUT2D eigenvalue weighted by atomic mass is 10.2. The maximum absolute atomic E-state index is 12.6. The number of thioether (sulfide) groups is 1. The molecule has 0 aliphatic rings. The van der Waals surface area contributed by atoms with Crippen LogP contribution in [0.2, 0.25) is 5.02 Å². The number of halogens is 1. The summed E-state index contributed by atoms with van der Waals surface area (Å²) in [5, 5.41) is 15.2. The highest BCUT2D eigenvalue weighted by Crippen LogP contribution is 2.22. The second-order valence-corrected chi connectivity index (χ2v) is 9.37. The Morgan fingerprint density at radius 3 is 2.62 bits per heavy atom. The molecule has 0 fully saturated rings. The third-order valence-corrected chi connectivity index (χ3v) is 6.27. The zero-order valence-corrected chi connectivity index (χ0v) is 22.1. The van der Waals surface area contributed by atoms with Gasteiger partial charge in [-0.25, -0.2) is 4.79 Å². The fraction of sp³-hybridized carbons (Fsp3) is 0.269. The van der Waals surface area contributed by atoms with Crippen LogP contribution in [0.3, 0.4) is 0 Å². The number of rotatable bonds is 12. The van der Waals surface area contributed by atoms with E-state index in [1.165, 1.54) is 11.8 Å². The Kier molecular flexibility index (Phi) is 10.3. The first-order valence-corrected chi connectivity index (χ1v) is 13.0. The van der Waals surface area contributed by atoms with Crippen molar-refractivity contribution in [3.05, 3.63) is 83.2 Å². The number of carbonyl (C=O) groups is 3. The van der Waals surface area contributed by atoms with Crippen molar-refractivity contribution in [2.75, 3.05) is 17.7 Å². The predicted molar refractivity (Wildman–Crippen MR) is 144 cm³/mol. The van der Waals surface area contributed by atoms with Crippen LogP contribution in [0.5, 0.6) is 0 Å². The van der Waals surface area contributed by atoms with E-state index in [-0.39, 0.29) is 17.6 Å². The predicted octanol–water partition coefficient (Wildman–Crippen LogP) is 4.91. The number of carbonyl (C=O) groups excluding carboxylic acids is 3. The Balaban J connectivity index is 1.62. The van der Waals surface area contributed by atoms with Gasteiger partial charge in [0.05, 0.1) is 24.0 Å². The number of aromatic nitrogens is 3. The van der Waals surface area contributed by atoms with Gasteiger partial charge >= 0.3 is 5.97 Å². The van der Waals surface area contributed by atoms with Gasteiger partial charge in [-0.2, -0.15) is 0 Å². The van der Waals surface area contributed by atoms with Gasteiger partial charge in [-0.15, -0.1) is 16.8 Å². The monoisotopic (exact) mass is 541 g/mol. The summed E-state index contributed by atoms with van der Waals surface area (Å²) in [7, 11) is 0. The highest BCUT2D eigenvalue weighted by molar-refractivity contribution is 7.99. The number of ether oxygens (including phenoxy) is 1. The Bertz CT molecular complexity index is 1260. The summed E-state index contributed by atoms with van der Waals surface area (Å²) in [4.78, 5) is 37.3. The van der Waals surface area contributed by atoms with E-state index < -0.39 is 12.0 Å². The van der Waals surface area contributed by atoms with Gasteiger partial charge in [0, 0.05) is 22.8 Å². The molecule has 9 nitrogen and oxygen atoms in total. The van der Waals surface area contributed by atoms with Crippen molar-refractivity contribution < 1.29 is 19.1 Å². The van der Waals surface area contributed by atoms with Crippen LogP contribution in [-0.2, 0) is 16.1 Å². The van der Waals surface area contributed by atoms with Gasteiger partial charge < -0.3 is 19.9 Å². The van der Waals surface area contributed by atoms with Crippen LogP contribution in [0.4, 0.5) is 5.69 Å². The van der Waals surface area contributed by atoms with E-state index in [1.54, 1.807) is 66.1 Å². The largest absolute Gasteiger partial charge is 0.462 e. The van der Waals surface area contributed by atoms with Crippen molar-refractivity contribution in [2.24, 2.45) is 0 Å². The average molecular weight is 542 g/mol. The van der Waals surface area contributed by atoms with E-state index in [9.17, 15) is 14.4 Å². The molecule has 0 aliphatic heterocycles. The van der Waals surface area contributed by atoms with E-state index in [4.69, 9.17) is 16.3 Å². The number of hydrogen-bond acceptors (Lipinski definition) is 7. The first-order valence-electron chi connectivity index (χ1n) is 11.6. The smallest absolute Gasteiger partial charge is 0.338 e. The molecule has 11 heteroatoms. The molecule has 194 valence electrons. The molecule has 1 heterocycles. The fourth-order valence-corrected chi connectivity index (χ4v) is 4.18. The Labute approximate surface area is 224 Å². The molecule has 0 saturated carbocycles. The maximum Gasteiger partial charge on any atom is 0.338 e. The van der Waals surface area contributed by atoms with Crippen LogP contribution in [0, 0.1) is 0 Å². The quantitative estimate of drug-likeness (QED) is 0.190. The second-order valence-electron chi connectivity index (χ2n) is 8.00. The van der Waals surface area contributed by atoms with E-state index in [0.717, 1.165) is 6.42 Å². The summed E-state index contributed by atoms with van der Waals surface area (Å²) < 4.78 is 6.93. The number of esters is 1. The Morgan fingerprint density at radius 1 is 1.16 bits per heavy atom. The van der Waals surface area contributed by atoms with Gasteiger partial charge in [0.1, 0.15) is 0 Å². The Hall–Kier alpha value is -3.63. The highest BCUT2D eigenvalue weighted by Gasteiger charge is 2.20. The summed E-state index contributed by atoms with van der Waals surface area (Å²) in [6.45, 7) is 8.24. The standard InChI is InChI=1S/C26H28ClN5O4S/c1-4-13-32-23(17(3)28-24(34)18-9-11-20(27)12-10-18)30-31-26(32)37-16-22(33)29-21-8-6-7-19(15-21)25(35)36-14-5-2/h4,6-12,15,17H,1,5,13-14,16H2,2-3H3,(H,28,34)(H,29,33)/t17-/m0/s1. The molecule has 0 radical (unpaired) electrons. The SMILES string of the molecule is C=CCn1c(SCC(=O)Nc2cccc(C(=O)OCCC)c2)nnc1[C@H](C)NC(=O)c1ccc(Cl)cc1. The van der Waals surface area contributed by atoms with Crippen molar-refractivity contribution >= 4 is 46.8 Å². The second kappa shape index (κ2) is 13.6. The maximum atomic E-state index is 12.6. The lowest BCUT2D eigenvalue weighted by molar-refractivity contribution is -0.113. The number of nitrogens with one attached hydrogen (secondary N) is 2. The molecule has 2 amide bonds. The van der Waals surface area contributed by atoms with Crippen molar-refractivity contribution in [1.82, 2.24) is 20.1 Å². The van der Waals surface area contributed by atoms with Crippen molar-refractivity contribution in [3.8, 4) is 0 Å². The lowest BCUT2D eigenvalue weighted by Gasteiger charge is -2.15. The van der Waals surface area contributed by atoms with E-state index in [2.05, 4.69) is 27.4 Å². The first-order chi connectivity index (χ1) is 17.8. The van der Waals surface area contributed by atoms with Crippen molar-refractivity contribution in [2.45, 2.75) is 38.0 Å². The zero-order valence-electron chi connectivity index (χ0n) is 20.6. The zero-order chi connectivity index (χ0) is 26.8. The average Bonchev–Trinajstić information content (AvgIpc) is 3.29. The third kappa shape index (κ3) is 7.93. The number of amides is 2. The molecule has 0 spiro atoms. The highest BCUT2D eigenvalue weighted by atomic mass is 35.5. The van der Waals surface area contributed by atoms with Crippen LogP contribution in [0.15, 0.2) is 66.3 Å². The normalized spacial score (nSPS) is 11.4. The molecule has 0 bridgehead atoms. The van der Waals surface area contributed by atoms with Crippen molar-refractivity contribution in [1.29, 1.82) is 0 Å². The van der Waals surface area contributed by atoms with Gasteiger partial charge in [0.2, 0.25) is 5.91 Å². The van der Waals surface area contributed by atoms with Gasteiger partial charge in [-0.3, -0.25) is 9.59 Å². The molecular weight excluding hydrogens is 514 g/mol. The lowest BCUT2D eigenvalue weighted by Crippen LogP contribution is -2.28. The van der Waals surface area contributed by atoms with E-state index in [0.29, 0.717) is 46.0 Å². The fourth-order valence-electron chi connectivity index (χ4n) is 3.30. The molecule has 0 unspecified atom stereocenters. The molecule has 1 atom stereocenters. The summed E-state index contributed by atoms with van der Waals surface area (Å²) in [6, 6.07) is 12.7. The molecule has 37 heavy (non-hydrogen) atoms. The third-order valence-electron chi connectivity index (χ3n) is 5.05. The molecule has 0 saturated heterocycles. The Morgan fingerprint density at radius 2 is 1.92 bits per heavy atom. The van der Waals surface area contributed by atoms with E-state index in [1.807, 2.05) is 6.92 Å². The minimum atomic E-state index is -0.450. The number of allylic oxidation sites excluding steroid dienone is 1. The van der Waals surface area contributed by atoms with E-state index >= 15 is 0 Å². The molecule has 3 rings (SSSR count). The van der Waals surface area contributed by atoms with Crippen LogP contribution in [-0.4, -0.2) is 44.9 Å². The number of anilines is 1. The molecule has 2 aromatic carbocycles. The van der Waals surface area contributed by atoms with Crippen LogP contribution in [0.25, 0.3) is 0 Å². The van der Waals surface area contributed by atoms with Crippen LogP contribution < -0.4 is 10.6 Å². The van der Waals surface area contributed by atoms with Gasteiger partial charge in [0.25, 0.3) is 5.91 Å². The molecule has 2 N–H and O–H groups in total.